The van der Waals surface area contributed by atoms with Gasteiger partial charge in [-0.15, -0.1) is 0 Å². The molecule has 4 nitrogen and oxygen atoms in total. The minimum absolute atomic E-state index is 0.235. The molecular weight excluding hydrogens is 250 g/mol. The SMILES string of the molecule is C=C(C=Cc1ccccc1)NNC(=O)c1ccncc1. The van der Waals surface area contributed by atoms with Gasteiger partial charge in [0.1, 0.15) is 0 Å². The van der Waals surface area contributed by atoms with Crippen LogP contribution in [0.1, 0.15) is 15.9 Å². The highest BCUT2D eigenvalue weighted by Crippen LogP contribution is 2.02. The minimum Gasteiger partial charge on any atom is -0.299 e. The summed E-state index contributed by atoms with van der Waals surface area (Å²) in [6.07, 6.45) is 6.84. The van der Waals surface area contributed by atoms with Gasteiger partial charge in [-0.25, -0.2) is 0 Å². The van der Waals surface area contributed by atoms with E-state index in [9.17, 15) is 4.79 Å². The van der Waals surface area contributed by atoms with Crippen molar-refractivity contribution >= 4 is 12.0 Å². The van der Waals surface area contributed by atoms with E-state index in [0.717, 1.165) is 5.56 Å². The van der Waals surface area contributed by atoms with Gasteiger partial charge in [-0.3, -0.25) is 20.6 Å². The Morgan fingerprint density at radius 2 is 1.75 bits per heavy atom. The average Bonchev–Trinajstić information content (AvgIpc) is 2.52. The second-order valence-corrected chi connectivity index (χ2v) is 4.08. The zero-order valence-corrected chi connectivity index (χ0v) is 10.9. The number of carbonyl (C=O) groups is 1. The van der Waals surface area contributed by atoms with Crippen LogP contribution in [-0.2, 0) is 0 Å². The van der Waals surface area contributed by atoms with Gasteiger partial charge in [-0.1, -0.05) is 43.0 Å². The molecule has 0 fully saturated rings. The number of allylic oxidation sites excluding steroid dienone is 1. The highest BCUT2D eigenvalue weighted by atomic mass is 16.2. The van der Waals surface area contributed by atoms with Crippen LogP contribution in [0.25, 0.3) is 6.08 Å². The smallest absolute Gasteiger partial charge is 0.269 e. The van der Waals surface area contributed by atoms with E-state index in [-0.39, 0.29) is 5.91 Å². The van der Waals surface area contributed by atoms with Gasteiger partial charge in [0, 0.05) is 23.7 Å². The van der Waals surface area contributed by atoms with E-state index in [2.05, 4.69) is 22.4 Å². The molecule has 1 aromatic heterocycles. The molecule has 0 radical (unpaired) electrons. The highest BCUT2D eigenvalue weighted by molar-refractivity contribution is 5.93. The predicted molar refractivity (Wildman–Crippen MR) is 79.5 cm³/mol. The number of hydrazine groups is 1. The van der Waals surface area contributed by atoms with Crippen molar-refractivity contribution in [2.24, 2.45) is 0 Å². The summed E-state index contributed by atoms with van der Waals surface area (Å²) in [5.41, 5.74) is 7.51. The lowest BCUT2D eigenvalue weighted by molar-refractivity contribution is 0.0939. The molecule has 0 aliphatic carbocycles. The standard InChI is InChI=1S/C16H15N3O/c1-13(7-8-14-5-3-2-4-6-14)18-19-16(20)15-9-11-17-12-10-15/h2-12,18H,1H2,(H,19,20). The lowest BCUT2D eigenvalue weighted by Gasteiger charge is -2.07. The summed E-state index contributed by atoms with van der Waals surface area (Å²) in [7, 11) is 0. The van der Waals surface area contributed by atoms with Crippen LogP contribution in [-0.4, -0.2) is 10.9 Å². The number of aromatic nitrogens is 1. The summed E-state index contributed by atoms with van der Waals surface area (Å²) in [5.74, 6) is -0.235. The molecule has 0 unspecified atom stereocenters. The summed E-state index contributed by atoms with van der Waals surface area (Å²) < 4.78 is 0. The first-order valence-electron chi connectivity index (χ1n) is 6.14. The van der Waals surface area contributed by atoms with E-state index >= 15 is 0 Å². The largest absolute Gasteiger partial charge is 0.299 e. The molecule has 100 valence electrons. The van der Waals surface area contributed by atoms with Gasteiger partial charge < -0.3 is 0 Å². The first-order chi connectivity index (χ1) is 9.75. The third kappa shape index (κ3) is 4.10. The molecular formula is C16H15N3O. The molecule has 1 aromatic carbocycles. The lowest BCUT2D eigenvalue weighted by atomic mass is 10.2. The fourth-order valence-corrected chi connectivity index (χ4v) is 1.52. The highest BCUT2D eigenvalue weighted by Gasteiger charge is 2.02. The molecule has 0 aliphatic heterocycles. The van der Waals surface area contributed by atoms with E-state index in [1.807, 2.05) is 36.4 Å². The first kappa shape index (κ1) is 13.5. The number of hydrogen-bond acceptors (Lipinski definition) is 3. The Labute approximate surface area is 117 Å². The van der Waals surface area contributed by atoms with Crippen molar-refractivity contribution in [2.45, 2.75) is 0 Å². The Balaban J connectivity index is 1.84. The van der Waals surface area contributed by atoms with Crippen LogP contribution >= 0.6 is 0 Å². The summed E-state index contributed by atoms with van der Waals surface area (Å²) >= 11 is 0. The molecule has 4 heteroatoms. The molecule has 0 atom stereocenters. The fourth-order valence-electron chi connectivity index (χ4n) is 1.52. The molecule has 0 bridgehead atoms. The molecule has 1 heterocycles. The van der Waals surface area contributed by atoms with Gasteiger partial charge >= 0.3 is 0 Å². The number of benzene rings is 1. The van der Waals surface area contributed by atoms with Crippen LogP contribution in [0.2, 0.25) is 0 Å². The molecule has 1 amide bonds. The Hall–Kier alpha value is -2.88. The Kier molecular flexibility index (Phi) is 4.67. The maximum atomic E-state index is 11.8. The van der Waals surface area contributed by atoms with E-state index in [4.69, 9.17) is 0 Å². The van der Waals surface area contributed by atoms with Crippen molar-refractivity contribution < 1.29 is 4.79 Å². The number of hydrogen-bond donors (Lipinski definition) is 2. The van der Waals surface area contributed by atoms with Crippen molar-refractivity contribution in [2.75, 3.05) is 0 Å². The number of rotatable bonds is 5. The van der Waals surface area contributed by atoms with E-state index in [1.165, 1.54) is 0 Å². The number of pyridine rings is 1. The molecule has 2 aromatic rings. The van der Waals surface area contributed by atoms with Gasteiger partial charge in [0.15, 0.2) is 0 Å². The second-order valence-electron chi connectivity index (χ2n) is 4.08. The number of nitrogens with one attached hydrogen (secondary N) is 2. The summed E-state index contributed by atoms with van der Waals surface area (Å²) in [5, 5.41) is 0. The van der Waals surface area contributed by atoms with Crippen molar-refractivity contribution in [1.29, 1.82) is 0 Å². The molecule has 0 saturated heterocycles. The first-order valence-corrected chi connectivity index (χ1v) is 6.14. The predicted octanol–water partition coefficient (Wildman–Crippen LogP) is 2.54. The zero-order chi connectivity index (χ0) is 14.2. The molecule has 2 rings (SSSR count). The number of nitrogens with zero attached hydrogens (tertiary/aromatic N) is 1. The maximum Gasteiger partial charge on any atom is 0.269 e. The maximum absolute atomic E-state index is 11.8. The summed E-state index contributed by atoms with van der Waals surface area (Å²) in [6.45, 7) is 3.81. The van der Waals surface area contributed by atoms with E-state index < -0.39 is 0 Å². The van der Waals surface area contributed by atoms with Gasteiger partial charge in [0.25, 0.3) is 5.91 Å². The summed E-state index contributed by atoms with van der Waals surface area (Å²) in [6, 6.07) is 13.1. The third-order valence-corrected chi connectivity index (χ3v) is 2.56. The zero-order valence-electron chi connectivity index (χ0n) is 10.9. The van der Waals surface area contributed by atoms with Crippen molar-refractivity contribution in [1.82, 2.24) is 15.8 Å². The monoisotopic (exact) mass is 265 g/mol. The molecule has 0 saturated carbocycles. The van der Waals surface area contributed by atoms with Crippen LogP contribution in [0.15, 0.2) is 73.2 Å². The Bertz CT molecular complexity index is 606. The lowest BCUT2D eigenvalue weighted by Crippen LogP contribution is -2.35. The Morgan fingerprint density at radius 3 is 2.45 bits per heavy atom. The van der Waals surface area contributed by atoms with Crippen LogP contribution in [0.3, 0.4) is 0 Å². The quantitative estimate of drug-likeness (QED) is 0.645. The topological polar surface area (TPSA) is 54.0 Å². The van der Waals surface area contributed by atoms with Crippen LogP contribution in [0.5, 0.6) is 0 Å². The van der Waals surface area contributed by atoms with E-state index in [0.29, 0.717) is 11.3 Å². The normalized spacial score (nSPS) is 10.2. The van der Waals surface area contributed by atoms with Crippen LogP contribution in [0, 0.1) is 0 Å². The summed E-state index contributed by atoms with van der Waals surface area (Å²) in [4.78, 5) is 15.6. The van der Waals surface area contributed by atoms with Gasteiger partial charge in [0.2, 0.25) is 0 Å². The van der Waals surface area contributed by atoms with Crippen molar-refractivity contribution in [3.63, 3.8) is 0 Å². The van der Waals surface area contributed by atoms with Gasteiger partial charge in [0.05, 0.1) is 0 Å². The van der Waals surface area contributed by atoms with Crippen LogP contribution < -0.4 is 10.9 Å². The second kappa shape index (κ2) is 6.89. The number of carbonyl (C=O) groups excluding carboxylic acids is 1. The minimum atomic E-state index is -0.235. The van der Waals surface area contributed by atoms with Crippen molar-refractivity contribution in [3.8, 4) is 0 Å². The van der Waals surface area contributed by atoms with Crippen LogP contribution in [0.4, 0.5) is 0 Å². The Morgan fingerprint density at radius 1 is 1.05 bits per heavy atom. The fraction of sp³-hybridized carbons (Fsp3) is 0. The molecule has 2 N–H and O–H groups in total. The van der Waals surface area contributed by atoms with Gasteiger partial charge in [-0.05, 0) is 23.8 Å². The molecule has 0 spiro atoms. The molecule has 0 aliphatic rings. The van der Waals surface area contributed by atoms with Gasteiger partial charge in [-0.2, -0.15) is 0 Å². The third-order valence-electron chi connectivity index (χ3n) is 2.56. The average molecular weight is 265 g/mol. The number of amides is 1. The molecule has 20 heavy (non-hydrogen) atoms. The van der Waals surface area contributed by atoms with E-state index in [1.54, 1.807) is 30.6 Å². The van der Waals surface area contributed by atoms with Crippen molar-refractivity contribution in [3.05, 3.63) is 84.3 Å².